The number of fused-ring (bicyclic) bond motifs is 1. The van der Waals surface area contributed by atoms with Crippen LogP contribution in [0.5, 0.6) is 5.75 Å². The second-order valence-electron chi connectivity index (χ2n) is 7.26. The van der Waals surface area contributed by atoms with E-state index in [4.69, 9.17) is 4.74 Å². The van der Waals surface area contributed by atoms with Crippen molar-refractivity contribution in [1.82, 2.24) is 19.7 Å². The standard InChI is InChI=1S/C20H24N4O4S/c1-3-28-16-11-14(29(26)27)9-10-15(16)19-21-17-12(2)23-24(18(17)20(25)22-19)13-7-5-4-6-8-13/h9-11,13H,3-8H2,1-2H3,(H,26,27)(H,21,22,25)/p-1. The number of benzene rings is 1. The topological polar surface area (TPSA) is 113 Å². The Hall–Kier alpha value is -2.52. The first-order valence-electron chi connectivity index (χ1n) is 9.85. The Kier molecular flexibility index (Phi) is 5.51. The molecule has 0 radical (unpaired) electrons. The van der Waals surface area contributed by atoms with E-state index < -0.39 is 11.1 Å². The van der Waals surface area contributed by atoms with Crippen LogP contribution in [-0.2, 0) is 11.1 Å². The van der Waals surface area contributed by atoms with Gasteiger partial charge >= 0.3 is 0 Å². The maximum atomic E-state index is 13.0. The molecule has 1 fully saturated rings. The van der Waals surface area contributed by atoms with Gasteiger partial charge in [0.15, 0.2) is 5.52 Å². The van der Waals surface area contributed by atoms with Crippen molar-refractivity contribution < 1.29 is 13.5 Å². The summed E-state index contributed by atoms with van der Waals surface area (Å²) in [6.45, 7) is 4.01. The van der Waals surface area contributed by atoms with Gasteiger partial charge in [-0.1, -0.05) is 19.3 Å². The second kappa shape index (κ2) is 8.08. The van der Waals surface area contributed by atoms with Crippen LogP contribution in [0.4, 0.5) is 0 Å². The summed E-state index contributed by atoms with van der Waals surface area (Å²) in [5, 5.41) is 4.63. The van der Waals surface area contributed by atoms with Gasteiger partial charge in [0.05, 0.1) is 23.9 Å². The number of aryl methyl sites for hydroxylation is 1. The first-order valence-corrected chi connectivity index (χ1v) is 10.9. The van der Waals surface area contributed by atoms with E-state index in [2.05, 4.69) is 15.1 Å². The normalized spacial score (nSPS) is 16.2. The zero-order chi connectivity index (χ0) is 20.5. The van der Waals surface area contributed by atoms with Crippen molar-refractivity contribution in [3.05, 3.63) is 34.2 Å². The van der Waals surface area contributed by atoms with Gasteiger partial charge in [0, 0.05) is 4.90 Å². The number of rotatable bonds is 5. The highest BCUT2D eigenvalue weighted by Crippen LogP contribution is 2.32. The maximum absolute atomic E-state index is 13.0. The van der Waals surface area contributed by atoms with Crippen LogP contribution >= 0.6 is 0 Å². The fourth-order valence-corrected chi connectivity index (χ4v) is 4.37. The molecule has 8 nitrogen and oxygen atoms in total. The molecule has 29 heavy (non-hydrogen) atoms. The lowest BCUT2D eigenvalue weighted by molar-refractivity contribution is 0.336. The van der Waals surface area contributed by atoms with Crippen LogP contribution in [0.3, 0.4) is 0 Å². The molecule has 0 aliphatic heterocycles. The Labute approximate surface area is 170 Å². The SMILES string of the molecule is CCOc1cc(S(=O)[O-])ccc1-c1nc2c(C)nn(C3CCCCC3)c2c(=O)[nH]1. The molecule has 2 heterocycles. The Balaban J connectivity index is 1.85. The number of nitrogens with one attached hydrogen (secondary N) is 1. The molecule has 3 aromatic rings. The molecular weight excluding hydrogens is 392 g/mol. The largest absolute Gasteiger partial charge is 0.768 e. The van der Waals surface area contributed by atoms with Gasteiger partial charge in [0.1, 0.15) is 17.1 Å². The summed E-state index contributed by atoms with van der Waals surface area (Å²) >= 11 is -2.37. The average molecular weight is 415 g/mol. The van der Waals surface area contributed by atoms with Gasteiger partial charge in [-0.25, -0.2) is 4.98 Å². The number of aromatic nitrogens is 4. The molecule has 0 bridgehead atoms. The van der Waals surface area contributed by atoms with Crippen LogP contribution in [0.15, 0.2) is 27.9 Å². The van der Waals surface area contributed by atoms with Crippen LogP contribution in [0.2, 0.25) is 0 Å². The van der Waals surface area contributed by atoms with E-state index >= 15 is 0 Å². The van der Waals surface area contributed by atoms with E-state index in [1.54, 1.807) is 6.07 Å². The zero-order valence-electron chi connectivity index (χ0n) is 16.4. The Morgan fingerprint density at radius 2 is 2.07 bits per heavy atom. The smallest absolute Gasteiger partial charge is 0.277 e. The van der Waals surface area contributed by atoms with E-state index in [0.717, 1.165) is 25.7 Å². The van der Waals surface area contributed by atoms with Gasteiger partial charge in [0.2, 0.25) is 0 Å². The predicted molar refractivity (Wildman–Crippen MR) is 109 cm³/mol. The fraction of sp³-hybridized carbons (Fsp3) is 0.450. The van der Waals surface area contributed by atoms with Crippen molar-refractivity contribution in [3.63, 3.8) is 0 Å². The van der Waals surface area contributed by atoms with Gasteiger partial charge < -0.3 is 14.3 Å². The summed E-state index contributed by atoms with van der Waals surface area (Å²) in [7, 11) is 0. The van der Waals surface area contributed by atoms with Crippen LogP contribution in [0, 0.1) is 6.92 Å². The molecule has 9 heteroatoms. The van der Waals surface area contributed by atoms with Crippen LogP contribution in [0.25, 0.3) is 22.4 Å². The van der Waals surface area contributed by atoms with E-state index in [1.807, 2.05) is 18.5 Å². The number of hydrogen-bond acceptors (Lipinski definition) is 6. The monoisotopic (exact) mass is 415 g/mol. The highest BCUT2D eigenvalue weighted by atomic mass is 32.2. The van der Waals surface area contributed by atoms with E-state index in [0.29, 0.717) is 40.5 Å². The minimum atomic E-state index is -2.37. The zero-order valence-corrected chi connectivity index (χ0v) is 17.3. The number of aromatic amines is 1. The highest BCUT2D eigenvalue weighted by molar-refractivity contribution is 7.79. The number of ether oxygens (including phenoxy) is 1. The van der Waals surface area contributed by atoms with Crippen molar-refractivity contribution in [2.24, 2.45) is 0 Å². The highest BCUT2D eigenvalue weighted by Gasteiger charge is 2.23. The van der Waals surface area contributed by atoms with E-state index in [1.165, 1.54) is 18.6 Å². The van der Waals surface area contributed by atoms with Gasteiger partial charge in [-0.3, -0.25) is 13.7 Å². The summed E-state index contributed by atoms with van der Waals surface area (Å²) < 4.78 is 30.0. The lowest BCUT2D eigenvalue weighted by Crippen LogP contribution is -2.19. The third kappa shape index (κ3) is 3.72. The van der Waals surface area contributed by atoms with E-state index in [9.17, 15) is 13.6 Å². The van der Waals surface area contributed by atoms with Crippen molar-refractivity contribution >= 4 is 22.1 Å². The van der Waals surface area contributed by atoms with Crippen molar-refractivity contribution in [3.8, 4) is 17.1 Å². The van der Waals surface area contributed by atoms with Gasteiger partial charge in [-0.15, -0.1) is 0 Å². The molecule has 0 spiro atoms. The van der Waals surface area contributed by atoms with Crippen LogP contribution in [-0.4, -0.2) is 35.1 Å². The van der Waals surface area contributed by atoms with Crippen LogP contribution in [0.1, 0.15) is 50.8 Å². The number of hydrogen-bond donors (Lipinski definition) is 1. The van der Waals surface area contributed by atoms with Gasteiger partial charge in [0.25, 0.3) is 5.56 Å². The quantitative estimate of drug-likeness (QED) is 0.640. The summed E-state index contributed by atoms with van der Waals surface area (Å²) in [6.07, 6.45) is 5.52. The van der Waals surface area contributed by atoms with Crippen molar-refractivity contribution in [2.45, 2.75) is 56.9 Å². The molecule has 1 unspecified atom stereocenters. The molecule has 0 amide bonds. The summed E-state index contributed by atoms with van der Waals surface area (Å²) in [5.74, 6) is 0.689. The maximum Gasteiger partial charge on any atom is 0.277 e. The first kappa shape index (κ1) is 19.8. The molecular formula is C20H23N4O4S-. The lowest BCUT2D eigenvalue weighted by Gasteiger charge is -2.22. The molecule has 1 saturated carbocycles. The molecule has 1 atom stereocenters. The van der Waals surface area contributed by atoms with Crippen LogP contribution < -0.4 is 10.3 Å². The third-order valence-corrected chi connectivity index (χ3v) is 5.98. The molecule has 1 N–H and O–H groups in total. The average Bonchev–Trinajstić information content (AvgIpc) is 3.06. The van der Waals surface area contributed by atoms with Crippen molar-refractivity contribution in [2.75, 3.05) is 6.61 Å². The minimum absolute atomic E-state index is 0.113. The number of nitrogens with zero attached hydrogens (tertiary/aromatic N) is 3. The Bertz CT molecular complexity index is 1130. The fourth-order valence-electron chi connectivity index (χ4n) is 3.99. The second-order valence-corrected chi connectivity index (χ2v) is 8.20. The Morgan fingerprint density at radius 1 is 1.31 bits per heavy atom. The summed E-state index contributed by atoms with van der Waals surface area (Å²) in [6, 6.07) is 4.72. The molecule has 1 aromatic carbocycles. The number of H-pyrrole nitrogens is 1. The molecule has 4 rings (SSSR count). The summed E-state index contributed by atoms with van der Waals surface area (Å²) in [5.41, 5.74) is 2.04. The van der Waals surface area contributed by atoms with Gasteiger partial charge in [-0.2, -0.15) is 5.10 Å². The predicted octanol–water partition coefficient (Wildman–Crippen LogP) is 3.24. The Morgan fingerprint density at radius 3 is 2.76 bits per heavy atom. The van der Waals surface area contributed by atoms with Crippen molar-refractivity contribution in [1.29, 1.82) is 0 Å². The summed E-state index contributed by atoms with van der Waals surface area (Å²) in [4.78, 5) is 20.6. The molecule has 1 aliphatic carbocycles. The molecule has 2 aromatic heterocycles. The molecule has 1 aliphatic rings. The lowest BCUT2D eigenvalue weighted by atomic mass is 9.95. The first-order chi connectivity index (χ1) is 14.0. The molecule has 0 saturated heterocycles. The molecule has 154 valence electrons. The van der Waals surface area contributed by atoms with E-state index in [-0.39, 0.29) is 16.5 Å². The van der Waals surface area contributed by atoms with Gasteiger partial charge in [-0.05, 0) is 56.0 Å². The third-order valence-electron chi connectivity index (χ3n) is 5.35. The minimum Gasteiger partial charge on any atom is -0.768 e.